The predicted octanol–water partition coefficient (Wildman–Crippen LogP) is 4.54. The van der Waals surface area contributed by atoms with Gasteiger partial charge in [0.15, 0.2) is 6.04 Å². The molecule has 1 aromatic heterocycles. The molecule has 4 aliphatic heterocycles. The maximum Gasteiger partial charge on any atom is 0.405 e. The topological polar surface area (TPSA) is 126 Å². The first-order valence-electron chi connectivity index (χ1n) is 17.7. The number of amides is 5. The standard InChI is InChI=1S/C37H36F3N5O6S/c38-37(39,40)19-42-32(46)23-7-1-2-8-24(23)33(47)44-15-12-21-6-5-11-28(51-22-13-14-43(17-22)34(48)29-16-41-20-52-29)30(21)31(44)27-18-45(27)35(49)25-9-3-4-10-26(25)36(45)50/h3-6,9-11,16,20,22-24,27,31H,1-2,7-8,12-15,17-19H2/p+1/t22-,23-,24+,27?,31+/m0/s1. The fraction of sp³-hybridized carbons (Fsp3) is 0.459. The molecule has 3 fully saturated rings. The van der Waals surface area contributed by atoms with E-state index in [9.17, 15) is 37.1 Å². The average Bonchev–Trinajstić information content (AvgIpc) is 3.42. The van der Waals surface area contributed by atoms with Gasteiger partial charge in [0.05, 0.1) is 29.4 Å². The monoisotopic (exact) mass is 736 g/mol. The lowest BCUT2D eigenvalue weighted by Gasteiger charge is -2.41. The highest BCUT2D eigenvalue weighted by Crippen LogP contribution is 2.53. The highest BCUT2D eigenvalue weighted by Gasteiger charge is 2.75. The van der Waals surface area contributed by atoms with Crippen molar-refractivity contribution in [2.45, 2.75) is 62.9 Å². The van der Waals surface area contributed by atoms with E-state index in [4.69, 9.17) is 4.74 Å². The minimum Gasteiger partial charge on any atom is -0.488 e. The van der Waals surface area contributed by atoms with Crippen LogP contribution in [0.3, 0.4) is 0 Å². The second-order valence-corrected chi connectivity index (χ2v) is 15.2. The quantitative estimate of drug-likeness (QED) is 0.215. The van der Waals surface area contributed by atoms with Gasteiger partial charge in [-0.15, -0.1) is 11.3 Å². The van der Waals surface area contributed by atoms with Crippen LogP contribution in [0.2, 0.25) is 0 Å². The molecular weight excluding hydrogens is 699 g/mol. The molecule has 15 heteroatoms. The number of hydrogen-bond acceptors (Lipinski definition) is 8. The molecule has 0 bridgehead atoms. The van der Waals surface area contributed by atoms with Crippen molar-refractivity contribution in [3.63, 3.8) is 0 Å². The summed E-state index contributed by atoms with van der Waals surface area (Å²) in [6.07, 6.45) is -0.581. The zero-order valence-corrected chi connectivity index (χ0v) is 29.0. The van der Waals surface area contributed by atoms with Gasteiger partial charge >= 0.3 is 18.0 Å². The number of alkyl halides is 3. The number of quaternary nitrogens is 1. The number of carbonyl (C=O) groups is 5. The Morgan fingerprint density at radius 1 is 0.962 bits per heavy atom. The number of likely N-dealkylation sites (tertiary alicyclic amines) is 1. The molecule has 0 radical (unpaired) electrons. The van der Waals surface area contributed by atoms with Gasteiger partial charge in [-0.25, -0.2) is 9.59 Å². The van der Waals surface area contributed by atoms with Crippen molar-refractivity contribution in [2.75, 3.05) is 32.7 Å². The molecule has 1 unspecified atom stereocenters. The summed E-state index contributed by atoms with van der Waals surface area (Å²) in [7, 11) is 0. The number of ether oxygens (including phenoxy) is 1. The molecule has 2 saturated heterocycles. The van der Waals surface area contributed by atoms with E-state index in [0.29, 0.717) is 72.5 Å². The van der Waals surface area contributed by atoms with Crippen LogP contribution in [0, 0.1) is 11.8 Å². The first-order chi connectivity index (χ1) is 25.0. The van der Waals surface area contributed by atoms with E-state index >= 15 is 0 Å². The van der Waals surface area contributed by atoms with E-state index in [1.54, 1.807) is 45.6 Å². The Balaban J connectivity index is 1.13. The van der Waals surface area contributed by atoms with Crippen LogP contribution in [-0.4, -0.2) is 99.8 Å². The summed E-state index contributed by atoms with van der Waals surface area (Å²) in [6, 6.07) is 10.9. The van der Waals surface area contributed by atoms with Crippen molar-refractivity contribution in [3.05, 3.63) is 81.3 Å². The van der Waals surface area contributed by atoms with Crippen LogP contribution in [0.4, 0.5) is 13.2 Å². The third-order valence-corrected chi connectivity index (χ3v) is 12.1. The maximum absolute atomic E-state index is 14.8. The van der Waals surface area contributed by atoms with Gasteiger partial charge in [-0.2, -0.15) is 17.7 Å². The smallest absolute Gasteiger partial charge is 0.405 e. The molecule has 1 spiro atoms. The Kier molecular flexibility index (Phi) is 8.68. The molecule has 272 valence electrons. The second-order valence-electron chi connectivity index (χ2n) is 14.3. The molecule has 1 saturated carbocycles. The zero-order valence-electron chi connectivity index (χ0n) is 28.1. The van der Waals surface area contributed by atoms with Crippen LogP contribution in [-0.2, 0) is 16.0 Å². The van der Waals surface area contributed by atoms with Crippen LogP contribution in [0.1, 0.15) is 79.7 Å². The Hall–Kier alpha value is -4.63. The zero-order chi connectivity index (χ0) is 36.4. The van der Waals surface area contributed by atoms with Gasteiger partial charge in [-0.1, -0.05) is 37.1 Å². The highest BCUT2D eigenvalue weighted by atomic mass is 32.1. The van der Waals surface area contributed by atoms with Gasteiger partial charge in [0.25, 0.3) is 5.91 Å². The molecule has 11 nitrogen and oxygen atoms in total. The molecule has 1 aliphatic carbocycles. The van der Waals surface area contributed by atoms with E-state index in [-0.39, 0.29) is 49.2 Å². The number of carbonyl (C=O) groups excluding carboxylic acids is 5. The van der Waals surface area contributed by atoms with Crippen LogP contribution >= 0.6 is 11.3 Å². The van der Waals surface area contributed by atoms with Gasteiger partial charge in [0.2, 0.25) is 11.8 Å². The average molecular weight is 737 g/mol. The molecular formula is C37H37F3N5O6S+. The lowest BCUT2D eigenvalue weighted by atomic mass is 9.77. The number of rotatable bonds is 7. The summed E-state index contributed by atoms with van der Waals surface area (Å²) in [4.78, 5) is 76.9. The highest BCUT2D eigenvalue weighted by molar-refractivity contribution is 7.11. The lowest BCUT2D eigenvalue weighted by molar-refractivity contribution is -0.634. The Labute approximate surface area is 301 Å². The number of aromatic nitrogens is 1. The number of thiazole rings is 1. The van der Waals surface area contributed by atoms with Crippen LogP contribution in [0.15, 0.2) is 54.2 Å². The van der Waals surface area contributed by atoms with E-state index in [1.807, 2.05) is 17.4 Å². The Morgan fingerprint density at radius 3 is 2.38 bits per heavy atom. The first-order valence-corrected chi connectivity index (χ1v) is 18.5. The summed E-state index contributed by atoms with van der Waals surface area (Å²) in [6.45, 7) is -0.270. The minimum absolute atomic E-state index is 0.130. The van der Waals surface area contributed by atoms with Crippen molar-refractivity contribution in [1.29, 1.82) is 0 Å². The minimum atomic E-state index is -4.59. The third-order valence-electron chi connectivity index (χ3n) is 11.3. The van der Waals surface area contributed by atoms with Gasteiger partial charge < -0.3 is 19.9 Å². The number of hydrogen-bond donors (Lipinski definition) is 1. The molecule has 2 aromatic carbocycles. The molecule has 5 heterocycles. The Morgan fingerprint density at radius 2 is 1.69 bits per heavy atom. The normalized spacial score (nSPS) is 26.2. The van der Waals surface area contributed by atoms with Crippen LogP contribution < -0.4 is 10.1 Å². The predicted molar refractivity (Wildman–Crippen MR) is 180 cm³/mol. The third kappa shape index (κ3) is 5.87. The van der Waals surface area contributed by atoms with Gasteiger partial charge in [0.1, 0.15) is 35.9 Å². The summed E-state index contributed by atoms with van der Waals surface area (Å²) in [5.41, 5.74) is 3.84. The van der Waals surface area contributed by atoms with Crippen molar-refractivity contribution < 1.29 is 46.4 Å². The molecule has 5 amide bonds. The van der Waals surface area contributed by atoms with Crippen molar-refractivity contribution in [2.24, 2.45) is 11.8 Å². The molecule has 5 atom stereocenters. The summed E-state index contributed by atoms with van der Waals surface area (Å²) in [5.74, 6) is -3.30. The van der Waals surface area contributed by atoms with E-state index in [2.05, 4.69) is 4.98 Å². The summed E-state index contributed by atoms with van der Waals surface area (Å²) < 4.78 is 45.3. The molecule has 1 N–H and O–H groups in total. The van der Waals surface area contributed by atoms with Crippen LogP contribution in [0.5, 0.6) is 5.75 Å². The van der Waals surface area contributed by atoms with E-state index < -0.39 is 47.0 Å². The SMILES string of the molecule is O=C(NCC(F)(F)F)[C@H]1CCCC[C@H]1C(=O)N1CCc2cccc(O[C@H]3CCN(C(=O)c4cncs4)C3)c2[C@H]1C1C[N+]12C(=O)c1ccccc1C2=O. The number of halogens is 3. The van der Waals surface area contributed by atoms with Gasteiger partial charge in [0, 0.05) is 36.9 Å². The number of benzene rings is 2. The van der Waals surface area contributed by atoms with Crippen molar-refractivity contribution in [3.8, 4) is 5.75 Å². The first kappa shape index (κ1) is 34.5. The van der Waals surface area contributed by atoms with Gasteiger partial charge in [-0.3, -0.25) is 19.4 Å². The molecule has 3 aromatic rings. The second kappa shape index (κ2) is 13.1. The number of nitrogens with zero attached hydrogens (tertiary/aromatic N) is 4. The fourth-order valence-corrected chi connectivity index (χ4v) is 9.39. The van der Waals surface area contributed by atoms with Crippen molar-refractivity contribution >= 4 is 40.9 Å². The van der Waals surface area contributed by atoms with Gasteiger partial charge in [-0.05, 0) is 43.0 Å². The molecule has 5 aliphatic rings. The maximum atomic E-state index is 14.8. The van der Waals surface area contributed by atoms with Crippen LogP contribution in [0.25, 0.3) is 0 Å². The van der Waals surface area contributed by atoms with Crippen molar-refractivity contribution in [1.82, 2.24) is 20.1 Å². The number of nitrogens with one attached hydrogen (secondary N) is 1. The van der Waals surface area contributed by atoms with E-state index in [0.717, 1.165) is 5.56 Å². The summed E-state index contributed by atoms with van der Waals surface area (Å²) in [5, 5.41) is 2.00. The van der Waals surface area contributed by atoms with E-state index in [1.165, 1.54) is 17.5 Å². The summed E-state index contributed by atoms with van der Waals surface area (Å²) >= 11 is 1.26. The molecule has 52 heavy (non-hydrogen) atoms. The molecule has 8 rings (SSSR count). The number of fused-ring (bicyclic) bond motifs is 2. The lowest BCUT2D eigenvalue weighted by Crippen LogP contribution is -2.52. The number of imide groups is 1. The largest absolute Gasteiger partial charge is 0.488 e. The Bertz CT molecular complexity index is 1920. The fourth-order valence-electron chi connectivity index (χ4n) is 8.80.